The van der Waals surface area contributed by atoms with E-state index in [1.165, 1.54) is 0 Å². The number of carbonyl (C=O) groups is 1. The van der Waals surface area contributed by atoms with E-state index in [0.29, 0.717) is 29.5 Å². The van der Waals surface area contributed by atoms with E-state index < -0.39 is 0 Å². The summed E-state index contributed by atoms with van der Waals surface area (Å²) in [7, 11) is 3.64. The van der Waals surface area contributed by atoms with Crippen LogP contribution >= 0.6 is 24.0 Å². The number of nitrogens with zero attached hydrogens (tertiary/aromatic N) is 1. The first-order valence-corrected chi connectivity index (χ1v) is 7.86. The molecule has 6 heteroatoms. The Bertz CT molecular complexity index is 665. The highest BCUT2D eigenvalue weighted by atomic mass is 35.5. The summed E-state index contributed by atoms with van der Waals surface area (Å²) < 4.78 is 5.83. The predicted molar refractivity (Wildman–Crippen MR) is 100 cm³/mol. The van der Waals surface area contributed by atoms with Crippen molar-refractivity contribution < 1.29 is 9.53 Å². The normalized spacial score (nSPS) is 9.96. The van der Waals surface area contributed by atoms with Gasteiger partial charge in [0, 0.05) is 30.7 Å². The Kier molecular flexibility index (Phi) is 8.61. The van der Waals surface area contributed by atoms with Crippen LogP contribution in [-0.4, -0.2) is 38.0 Å². The molecule has 1 N–H and O–H groups in total. The van der Waals surface area contributed by atoms with Crippen LogP contribution < -0.4 is 10.1 Å². The Labute approximate surface area is 154 Å². The standard InChI is InChI=1S/C18H21ClN2O2.ClH/c1-20-11-12-21(2)18(22)15-8-4-6-10-17(15)23-13-14-7-3-5-9-16(14)19;/h3-10,20H,11-13H2,1-2H3;1H. The molecule has 2 aromatic carbocycles. The molecule has 4 nitrogen and oxygen atoms in total. The van der Waals surface area contributed by atoms with Crippen molar-refractivity contribution in [2.75, 3.05) is 27.2 Å². The fourth-order valence-corrected chi connectivity index (χ4v) is 2.32. The van der Waals surface area contributed by atoms with Crippen LogP contribution in [0.5, 0.6) is 5.75 Å². The second-order valence-corrected chi connectivity index (χ2v) is 5.61. The van der Waals surface area contributed by atoms with E-state index in [1.807, 2.05) is 43.4 Å². The summed E-state index contributed by atoms with van der Waals surface area (Å²) in [6.07, 6.45) is 0. The molecule has 2 aromatic rings. The van der Waals surface area contributed by atoms with Crippen molar-refractivity contribution in [1.29, 1.82) is 0 Å². The number of ether oxygens (including phenoxy) is 1. The minimum Gasteiger partial charge on any atom is -0.488 e. The first kappa shape index (κ1) is 20.3. The SMILES string of the molecule is CNCCN(C)C(=O)c1ccccc1OCc1ccccc1Cl.Cl. The number of halogens is 2. The zero-order valence-electron chi connectivity index (χ0n) is 13.8. The van der Waals surface area contributed by atoms with Gasteiger partial charge >= 0.3 is 0 Å². The van der Waals surface area contributed by atoms with Crippen molar-refractivity contribution in [3.8, 4) is 5.75 Å². The minimum atomic E-state index is -0.0602. The third-order valence-corrected chi connectivity index (χ3v) is 3.87. The Hall–Kier alpha value is -1.75. The number of hydrogen-bond donors (Lipinski definition) is 1. The molecule has 0 saturated heterocycles. The molecule has 2 rings (SSSR count). The Morgan fingerprint density at radius 2 is 1.83 bits per heavy atom. The maximum absolute atomic E-state index is 12.5. The monoisotopic (exact) mass is 368 g/mol. The van der Waals surface area contributed by atoms with Crippen molar-refractivity contribution >= 4 is 29.9 Å². The number of nitrogens with one attached hydrogen (secondary N) is 1. The van der Waals surface area contributed by atoms with E-state index in [-0.39, 0.29) is 18.3 Å². The third kappa shape index (κ3) is 5.41. The first-order chi connectivity index (χ1) is 11.1. The first-order valence-electron chi connectivity index (χ1n) is 7.48. The number of likely N-dealkylation sites (N-methyl/N-ethyl adjacent to an activating group) is 2. The largest absolute Gasteiger partial charge is 0.488 e. The number of para-hydroxylation sites is 1. The number of benzene rings is 2. The van der Waals surface area contributed by atoms with Gasteiger partial charge in [0.15, 0.2) is 0 Å². The van der Waals surface area contributed by atoms with Gasteiger partial charge in [-0.1, -0.05) is 41.9 Å². The number of hydrogen-bond acceptors (Lipinski definition) is 3. The Morgan fingerprint density at radius 3 is 2.54 bits per heavy atom. The van der Waals surface area contributed by atoms with Gasteiger partial charge in [-0.15, -0.1) is 12.4 Å². The van der Waals surface area contributed by atoms with Crippen LogP contribution in [0.15, 0.2) is 48.5 Å². The van der Waals surface area contributed by atoms with Crippen LogP contribution in [0.25, 0.3) is 0 Å². The van der Waals surface area contributed by atoms with E-state index in [2.05, 4.69) is 5.32 Å². The topological polar surface area (TPSA) is 41.6 Å². The van der Waals surface area contributed by atoms with Gasteiger partial charge in [0.25, 0.3) is 5.91 Å². The highest BCUT2D eigenvalue weighted by molar-refractivity contribution is 6.31. The summed E-state index contributed by atoms with van der Waals surface area (Å²) in [5, 5.41) is 3.69. The van der Waals surface area contributed by atoms with Gasteiger partial charge in [0.05, 0.1) is 5.56 Å². The van der Waals surface area contributed by atoms with Crippen LogP contribution in [0.2, 0.25) is 5.02 Å². The van der Waals surface area contributed by atoms with E-state index in [0.717, 1.165) is 12.1 Å². The fourth-order valence-electron chi connectivity index (χ4n) is 2.13. The van der Waals surface area contributed by atoms with Gasteiger partial charge < -0.3 is 15.0 Å². The molecule has 0 bridgehead atoms. The quantitative estimate of drug-likeness (QED) is 0.810. The second kappa shape index (κ2) is 10.2. The lowest BCUT2D eigenvalue weighted by Crippen LogP contribution is -2.33. The Morgan fingerprint density at radius 1 is 1.17 bits per heavy atom. The van der Waals surface area contributed by atoms with Gasteiger partial charge in [-0.2, -0.15) is 0 Å². The summed E-state index contributed by atoms with van der Waals surface area (Å²) in [4.78, 5) is 14.2. The average Bonchev–Trinajstić information content (AvgIpc) is 2.58. The van der Waals surface area contributed by atoms with E-state index in [1.54, 1.807) is 24.1 Å². The molecule has 0 aromatic heterocycles. The maximum atomic E-state index is 12.5. The molecule has 130 valence electrons. The van der Waals surface area contributed by atoms with Crippen LogP contribution in [0.1, 0.15) is 15.9 Å². The molecule has 0 fully saturated rings. The molecular formula is C18H22Cl2N2O2. The molecule has 0 spiro atoms. The lowest BCUT2D eigenvalue weighted by atomic mass is 10.1. The summed E-state index contributed by atoms with van der Waals surface area (Å²) in [6.45, 7) is 1.70. The molecule has 0 radical (unpaired) electrons. The van der Waals surface area contributed by atoms with Gasteiger partial charge in [-0.05, 0) is 25.2 Å². The number of rotatable bonds is 7. The molecular weight excluding hydrogens is 347 g/mol. The second-order valence-electron chi connectivity index (χ2n) is 5.21. The lowest BCUT2D eigenvalue weighted by Gasteiger charge is -2.19. The molecule has 0 saturated carbocycles. The molecule has 24 heavy (non-hydrogen) atoms. The smallest absolute Gasteiger partial charge is 0.257 e. The van der Waals surface area contributed by atoms with E-state index >= 15 is 0 Å². The molecule has 0 atom stereocenters. The van der Waals surface area contributed by atoms with Crippen LogP contribution in [0.3, 0.4) is 0 Å². The lowest BCUT2D eigenvalue weighted by molar-refractivity contribution is 0.0792. The molecule has 1 amide bonds. The molecule has 0 aliphatic rings. The van der Waals surface area contributed by atoms with Crippen molar-refractivity contribution in [1.82, 2.24) is 10.2 Å². The average molecular weight is 369 g/mol. The third-order valence-electron chi connectivity index (χ3n) is 3.50. The van der Waals surface area contributed by atoms with Crippen LogP contribution in [-0.2, 0) is 6.61 Å². The van der Waals surface area contributed by atoms with Gasteiger partial charge in [0.2, 0.25) is 0 Å². The molecule has 0 aliphatic carbocycles. The fraction of sp³-hybridized carbons (Fsp3) is 0.278. The summed E-state index contributed by atoms with van der Waals surface area (Å²) in [5.41, 5.74) is 1.44. The van der Waals surface area contributed by atoms with Crippen molar-refractivity contribution in [2.45, 2.75) is 6.61 Å². The van der Waals surface area contributed by atoms with Gasteiger partial charge in [-0.25, -0.2) is 0 Å². The summed E-state index contributed by atoms with van der Waals surface area (Å²) >= 11 is 6.14. The highest BCUT2D eigenvalue weighted by Gasteiger charge is 2.16. The minimum absolute atomic E-state index is 0. The zero-order chi connectivity index (χ0) is 16.7. The maximum Gasteiger partial charge on any atom is 0.257 e. The van der Waals surface area contributed by atoms with E-state index in [4.69, 9.17) is 16.3 Å². The highest BCUT2D eigenvalue weighted by Crippen LogP contribution is 2.23. The molecule has 0 aliphatic heterocycles. The zero-order valence-corrected chi connectivity index (χ0v) is 15.4. The number of carbonyl (C=O) groups excluding carboxylic acids is 1. The van der Waals surface area contributed by atoms with Crippen molar-refractivity contribution in [3.63, 3.8) is 0 Å². The number of amides is 1. The van der Waals surface area contributed by atoms with Gasteiger partial charge in [-0.3, -0.25) is 4.79 Å². The molecule has 0 unspecified atom stereocenters. The van der Waals surface area contributed by atoms with Crippen molar-refractivity contribution in [2.24, 2.45) is 0 Å². The summed E-state index contributed by atoms with van der Waals surface area (Å²) in [6, 6.07) is 14.8. The predicted octanol–water partition coefficient (Wildman–Crippen LogP) is 3.63. The van der Waals surface area contributed by atoms with Gasteiger partial charge in [0.1, 0.15) is 12.4 Å². The van der Waals surface area contributed by atoms with Crippen LogP contribution in [0.4, 0.5) is 0 Å². The molecule has 0 heterocycles. The van der Waals surface area contributed by atoms with Crippen molar-refractivity contribution in [3.05, 3.63) is 64.7 Å². The Balaban J connectivity index is 0.00000288. The van der Waals surface area contributed by atoms with E-state index in [9.17, 15) is 4.79 Å². The summed E-state index contributed by atoms with van der Waals surface area (Å²) in [5.74, 6) is 0.503. The van der Waals surface area contributed by atoms with Crippen LogP contribution in [0, 0.1) is 0 Å².